The molecule has 0 spiro atoms. The summed E-state index contributed by atoms with van der Waals surface area (Å²) in [5, 5.41) is -0.714. The van der Waals surface area contributed by atoms with Gasteiger partial charge >= 0.3 is 38.0 Å². The minimum absolute atomic E-state index is 0.0398. The summed E-state index contributed by atoms with van der Waals surface area (Å²) in [6.45, 7) is 18.0. The van der Waals surface area contributed by atoms with Crippen LogP contribution in [0.4, 0.5) is 39.5 Å². The van der Waals surface area contributed by atoms with Crippen LogP contribution in [0.3, 0.4) is 0 Å². The average molecular weight is 1020 g/mol. The number of carbonyl (C=O) groups is 3. The fourth-order valence-electron chi connectivity index (χ4n) is 9.94. The number of unbranched alkanes of at least 4 members (excludes halogenated alkanes) is 1. The molecule has 0 aliphatic carbocycles. The highest BCUT2D eigenvalue weighted by Crippen LogP contribution is 2.51. The van der Waals surface area contributed by atoms with Crippen LogP contribution in [0.15, 0.2) is 84.1 Å². The number of fused-ring (bicyclic) bond motifs is 4. The van der Waals surface area contributed by atoms with Crippen molar-refractivity contribution < 1.29 is 72.6 Å². The Morgan fingerprint density at radius 1 is 0.658 bits per heavy atom. The Morgan fingerprint density at radius 2 is 1.14 bits per heavy atom. The number of esters is 2. The Kier molecular flexibility index (Phi) is 15.0. The van der Waals surface area contributed by atoms with E-state index >= 15 is 0 Å². The number of allylic oxidation sites excluding steroid dienone is 1. The number of hydrogen-bond acceptors (Lipinski definition) is 6. The maximum atomic E-state index is 14.0. The minimum Gasteiger partial charge on any atom is -0.462 e. The van der Waals surface area contributed by atoms with E-state index in [9.17, 15) is 53.9 Å². The molecule has 0 unspecified atom stereocenters. The number of ether oxygens (including phenoxy) is 3. The molecule has 0 atom stereocenters. The van der Waals surface area contributed by atoms with Crippen molar-refractivity contribution in [2.24, 2.45) is 0 Å². The van der Waals surface area contributed by atoms with Crippen LogP contribution in [0.5, 0.6) is 5.75 Å². The fraction of sp³-hybridized carbons (Fsp3) is 0.309. The van der Waals surface area contributed by atoms with E-state index < -0.39 is 52.5 Å². The number of halogens is 9. The van der Waals surface area contributed by atoms with Crippen LogP contribution in [0.1, 0.15) is 115 Å². The number of hydrogen-bond donors (Lipinski definition) is 0. The first-order valence-electron chi connectivity index (χ1n) is 23.6. The fourth-order valence-corrected chi connectivity index (χ4v) is 9.94. The lowest BCUT2D eigenvalue weighted by Crippen LogP contribution is -2.32. The zero-order chi connectivity index (χ0) is 53.6. The van der Waals surface area contributed by atoms with Gasteiger partial charge in [0.2, 0.25) is 0 Å². The van der Waals surface area contributed by atoms with Gasteiger partial charge in [-0.3, -0.25) is 9.28 Å². The summed E-state index contributed by atoms with van der Waals surface area (Å²) in [5.41, 5.74) is 4.17. The van der Waals surface area contributed by atoms with Crippen molar-refractivity contribution in [1.82, 2.24) is 4.48 Å². The van der Waals surface area contributed by atoms with E-state index in [2.05, 4.69) is 0 Å². The van der Waals surface area contributed by atoms with E-state index in [0.29, 0.717) is 53.9 Å². The monoisotopic (exact) mass is 1020 g/mol. The lowest BCUT2D eigenvalue weighted by Gasteiger charge is -2.23. The molecule has 0 saturated carbocycles. The van der Waals surface area contributed by atoms with E-state index in [1.54, 1.807) is 26.0 Å². The standard InChI is InChI=1S/C27H17F9.C26H27BN2O6.C2H6/c1-2-3-4-13-5-6-14-16-8-11-19(26(31,32)33)24-20(27(34,35)36)12-9-17(23(16)24)15-7-10-18(25(28,29)30)21(13)22(14)15;1-7-33-25(31)19-11-21-24(23-14(3)9-18(35-13-30)10-15(23)4)22-12-20(26(32)34-8-2)17(6)29(22)27-28(21)16(19)5;1-2/h5-12H,2-4H2,1H3;9-13H,7-8H2,1-6H3;1-2H3/q;+1;. The highest BCUT2D eigenvalue weighted by Gasteiger charge is 2.44. The number of carbonyl (C=O) groups excluding carboxylic acids is 3. The van der Waals surface area contributed by atoms with Gasteiger partial charge in [-0.1, -0.05) is 57.5 Å². The Morgan fingerprint density at radius 3 is 1.62 bits per heavy atom. The summed E-state index contributed by atoms with van der Waals surface area (Å²) in [7, 11) is 1.87. The second-order valence-electron chi connectivity index (χ2n) is 17.2. The van der Waals surface area contributed by atoms with Gasteiger partial charge in [0.25, 0.3) is 6.47 Å². The first kappa shape index (κ1) is 53.7. The third-order valence-electron chi connectivity index (χ3n) is 13.0. The molecule has 0 bridgehead atoms. The first-order valence-corrected chi connectivity index (χ1v) is 23.6. The van der Waals surface area contributed by atoms with Gasteiger partial charge in [-0.25, -0.2) is 9.59 Å². The van der Waals surface area contributed by atoms with Crippen molar-refractivity contribution in [3.05, 3.63) is 140 Å². The Balaban J connectivity index is 0.000000207. The van der Waals surface area contributed by atoms with Crippen LogP contribution < -0.4 is 4.74 Å². The smallest absolute Gasteiger partial charge is 0.462 e. The molecule has 7 aromatic rings. The molecule has 2 aliphatic rings. The van der Waals surface area contributed by atoms with Gasteiger partial charge in [-0.2, -0.15) is 39.5 Å². The van der Waals surface area contributed by atoms with Gasteiger partial charge in [0.1, 0.15) is 11.3 Å². The van der Waals surface area contributed by atoms with Crippen LogP contribution in [0, 0.1) is 20.8 Å². The average Bonchev–Trinajstić information content (AvgIpc) is 3.84. The van der Waals surface area contributed by atoms with Gasteiger partial charge in [-0.05, 0) is 144 Å². The van der Waals surface area contributed by atoms with Crippen molar-refractivity contribution in [1.29, 1.82) is 0 Å². The second-order valence-corrected chi connectivity index (χ2v) is 17.2. The molecule has 18 heteroatoms. The van der Waals surface area contributed by atoms with Crippen molar-refractivity contribution >= 4 is 80.3 Å². The van der Waals surface area contributed by atoms with Gasteiger partial charge in [-0.15, -0.1) is 0 Å². The molecule has 9 rings (SSSR count). The quantitative estimate of drug-likeness (QED) is 0.0339. The molecule has 1 aromatic heterocycles. The molecule has 0 saturated heterocycles. The SMILES string of the molecule is CC.CCCCc1ccc2c3ccc(C(F)(F)F)c4c(C(F)(F)F)ccc(c5ccc(C(F)(F)F)c1c25)c43.CCOC(=O)C1=CC2=C(c3c(C)cc(OC=O)cc3C)c3cc(C(=O)OCC)c(C)n3[B][N+]2=C1C. The summed E-state index contributed by atoms with van der Waals surface area (Å²) < 4.78 is 145. The molecule has 3 heterocycles. The predicted octanol–water partition coefficient (Wildman–Crippen LogP) is 14.4. The normalized spacial score (nSPS) is 13.6. The number of rotatable bonds is 10. The van der Waals surface area contributed by atoms with Crippen molar-refractivity contribution in [3.63, 3.8) is 0 Å². The summed E-state index contributed by atoms with van der Waals surface area (Å²) in [6.07, 6.45) is -11.3. The third kappa shape index (κ3) is 9.56. The lowest BCUT2D eigenvalue weighted by molar-refractivity contribution is -0.313. The molecule has 0 amide bonds. The summed E-state index contributed by atoms with van der Waals surface area (Å²) in [4.78, 5) is 36.3. The molecule has 381 valence electrons. The van der Waals surface area contributed by atoms with Gasteiger partial charge in [0, 0.05) is 29.8 Å². The molecule has 1 radical (unpaired) electrons. The highest BCUT2D eigenvalue weighted by atomic mass is 19.4. The largest absolute Gasteiger partial charge is 0.700 e. The second kappa shape index (κ2) is 20.4. The number of aryl methyl sites for hydroxylation is 3. The third-order valence-corrected chi connectivity index (χ3v) is 13.0. The van der Waals surface area contributed by atoms with Crippen molar-refractivity contribution in [2.75, 3.05) is 13.2 Å². The minimum atomic E-state index is -5.07. The number of nitrogens with zero attached hydrogens (tertiary/aromatic N) is 2. The molecule has 8 nitrogen and oxygen atoms in total. The summed E-state index contributed by atoms with van der Waals surface area (Å²) >= 11 is 0. The molecule has 0 fully saturated rings. The zero-order valence-electron chi connectivity index (χ0n) is 41.4. The molecule has 6 aromatic carbocycles. The summed E-state index contributed by atoms with van der Waals surface area (Å²) in [5.74, 6) is -0.341. The highest BCUT2D eigenvalue weighted by molar-refractivity contribution is 6.35. The molecular weight excluding hydrogens is 966 g/mol. The maximum Gasteiger partial charge on any atom is 0.700 e. The van der Waals surface area contributed by atoms with E-state index in [1.807, 2.05) is 77.1 Å². The Bertz CT molecular complexity index is 3360. The zero-order valence-corrected chi connectivity index (χ0v) is 41.4. The van der Waals surface area contributed by atoms with Crippen molar-refractivity contribution in [2.45, 2.75) is 100 Å². The number of benzene rings is 6. The number of alkyl halides is 9. The molecule has 2 aliphatic heterocycles. The number of aromatic nitrogens is 1. The Hall–Kier alpha value is -7.11. The van der Waals surface area contributed by atoms with Gasteiger partial charge < -0.3 is 18.7 Å². The van der Waals surface area contributed by atoms with Gasteiger partial charge in [0.15, 0.2) is 11.4 Å². The van der Waals surface area contributed by atoms with E-state index in [-0.39, 0.29) is 50.9 Å². The van der Waals surface area contributed by atoms with Gasteiger partial charge in [0.05, 0.1) is 41.0 Å². The first-order chi connectivity index (χ1) is 34.5. The summed E-state index contributed by atoms with van der Waals surface area (Å²) in [6, 6.07) is 13.7. The molecule has 0 N–H and O–H groups in total. The maximum absolute atomic E-state index is 14.0. The van der Waals surface area contributed by atoms with E-state index in [4.69, 9.17) is 14.2 Å². The van der Waals surface area contributed by atoms with Crippen molar-refractivity contribution in [3.8, 4) is 5.75 Å². The lowest BCUT2D eigenvalue weighted by atomic mass is 9.83. The van der Waals surface area contributed by atoms with Crippen LogP contribution in [-0.4, -0.2) is 53.9 Å². The molecular formula is C55H50BF9N2O6+. The van der Waals surface area contributed by atoms with E-state index in [1.165, 1.54) is 12.1 Å². The van der Waals surface area contributed by atoms with E-state index in [0.717, 1.165) is 75.7 Å². The van der Waals surface area contributed by atoms with Crippen LogP contribution in [0.25, 0.3) is 48.7 Å². The van der Waals surface area contributed by atoms with Crippen LogP contribution in [0.2, 0.25) is 0 Å². The Labute approximate surface area is 415 Å². The molecule has 73 heavy (non-hydrogen) atoms. The predicted molar refractivity (Wildman–Crippen MR) is 263 cm³/mol. The van der Waals surface area contributed by atoms with Crippen LogP contribution >= 0.6 is 0 Å². The van der Waals surface area contributed by atoms with Crippen LogP contribution in [-0.2, 0) is 44.0 Å². The topological polar surface area (TPSA) is 86.8 Å².